The maximum absolute atomic E-state index is 12.1. The molecule has 1 amide bonds. The van der Waals surface area contributed by atoms with Crippen molar-refractivity contribution in [3.8, 4) is 0 Å². The minimum absolute atomic E-state index is 0.0594. The van der Waals surface area contributed by atoms with Gasteiger partial charge in [0, 0.05) is 15.8 Å². The van der Waals surface area contributed by atoms with Gasteiger partial charge in [-0.3, -0.25) is 4.79 Å². The highest BCUT2D eigenvalue weighted by Crippen LogP contribution is 2.23. The second kappa shape index (κ2) is 7.18. The molecule has 2 aromatic rings. The molecule has 0 fully saturated rings. The molecule has 0 unspecified atom stereocenters. The Kier molecular flexibility index (Phi) is 5.47. The number of hydrogen-bond acceptors (Lipinski definition) is 2. The van der Waals surface area contributed by atoms with Gasteiger partial charge in [0.05, 0.1) is 6.54 Å². The van der Waals surface area contributed by atoms with Crippen LogP contribution >= 0.6 is 15.9 Å². The molecular weight excluding hydrogens is 352 g/mol. The number of benzene rings is 2. The zero-order valence-electron chi connectivity index (χ0n) is 14.0. The van der Waals surface area contributed by atoms with E-state index >= 15 is 0 Å². The number of rotatable bonds is 4. The number of anilines is 2. The minimum atomic E-state index is -0.0594. The topological polar surface area (TPSA) is 41.1 Å². The van der Waals surface area contributed by atoms with Crippen molar-refractivity contribution in [1.82, 2.24) is 0 Å². The molecule has 0 aromatic heterocycles. The number of aryl methyl sites for hydroxylation is 1. The molecule has 0 atom stereocenters. The molecule has 2 N–H and O–H groups in total. The maximum atomic E-state index is 12.1. The molecule has 0 heterocycles. The molecule has 0 aliphatic heterocycles. The Morgan fingerprint density at radius 2 is 1.74 bits per heavy atom. The fraction of sp³-hybridized carbons (Fsp3) is 0.316. The fourth-order valence-corrected chi connectivity index (χ4v) is 2.74. The molecule has 0 aliphatic carbocycles. The number of hydrogen-bond donors (Lipinski definition) is 2. The summed E-state index contributed by atoms with van der Waals surface area (Å²) >= 11 is 3.43. The molecule has 0 saturated carbocycles. The van der Waals surface area contributed by atoms with Gasteiger partial charge < -0.3 is 10.6 Å². The van der Waals surface area contributed by atoms with Gasteiger partial charge >= 0.3 is 0 Å². The van der Waals surface area contributed by atoms with Crippen molar-refractivity contribution in [3.63, 3.8) is 0 Å². The Hall–Kier alpha value is -1.81. The molecule has 0 saturated heterocycles. The molecule has 4 heteroatoms. The first kappa shape index (κ1) is 17.5. The average Bonchev–Trinajstić information content (AvgIpc) is 2.46. The quantitative estimate of drug-likeness (QED) is 0.780. The van der Waals surface area contributed by atoms with Gasteiger partial charge in [0.15, 0.2) is 0 Å². The summed E-state index contributed by atoms with van der Waals surface area (Å²) in [4.78, 5) is 12.1. The molecule has 0 bridgehead atoms. The molecule has 23 heavy (non-hydrogen) atoms. The van der Waals surface area contributed by atoms with Crippen molar-refractivity contribution in [3.05, 3.63) is 58.1 Å². The van der Waals surface area contributed by atoms with E-state index in [0.29, 0.717) is 0 Å². The van der Waals surface area contributed by atoms with Crippen LogP contribution in [0, 0.1) is 6.92 Å². The Balaban J connectivity index is 1.92. The van der Waals surface area contributed by atoms with Crippen molar-refractivity contribution in [2.45, 2.75) is 33.1 Å². The van der Waals surface area contributed by atoms with E-state index in [1.54, 1.807) is 0 Å². The molecule has 2 aromatic carbocycles. The van der Waals surface area contributed by atoms with Crippen molar-refractivity contribution in [1.29, 1.82) is 0 Å². The highest BCUT2D eigenvalue weighted by molar-refractivity contribution is 9.10. The second-order valence-corrected chi connectivity index (χ2v) is 7.60. The number of nitrogens with one attached hydrogen (secondary N) is 2. The smallest absolute Gasteiger partial charge is 0.243 e. The van der Waals surface area contributed by atoms with Gasteiger partial charge in [-0.05, 0) is 53.8 Å². The zero-order valence-corrected chi connectivity index (χ0v) is 15.6. The lowest BCUT2D eigenvalue weighted by atomic mass is 9.87. The van der Waals surface area contributed by atoms with E-state index in [-0.39, 0.29) is 17.9 Å². The highest BCUT2D eigenvalue weighted by Gasteiger charge is 2.13. The molecule has 0 radical (unpaired) electrons. The summed E-state index contributed by atoms with van der Waals surface area (Å²) < 4.78 is 1.03. The lowest BCUT2D eigenvalue weighted by molar-refractivity contribution is -0.114. The van der Waals surface area contributed by atoms with Crippen LogP contribution in [0.3, 0.4) is 0 Å². The third-order valence-corrected chi connectivity index (χ3v) is 4.16. The average molecular weight is 375 g/mol. The summed E-state index contributed by atoms with van der Waals surface area (Å²) in [7, 11) is 0. The predicted molar refractivity (Wildman–Crippen MR) is 101 cm³/mol. The van der Waals surface area contributed by atoms with Crippen LogP contribution < -0.4 is 10.6 Å². The van der Waals surface area contributed by atoms with Crippen LogP contribution in [0.5, 0.6) is 0 Å². The van der Waals surface area contributed by atoms with E-state index < -0.39 is 0 Å². The molecule has 0 spiro atoms. The normalized spacial score (nSPS) is 11.2. The Bertz CT molecular complexity index is 688. The Morgan fingerprint density at radius 1 is 1.09 bits per heavy atom. The fourth-order valence-electron chi connectivity index (χ4n) is 2.26. The van der Waals surface area contributed by atoms with E-state index in [9.17, 15) is 4.79 Å². The lowest BCUT2D eigenvalue weighted by Gasteiger charge is -2.19. The number of carbonyl (C=O) groups is 1. The lowest BCUT2D eigenvalue weighted by Crippen LogP contribution is -2.22. The maximum Gasteiger partial charge on any atom is 0.243 e. The second-order valence-electron chi connectivity index (χ2n) is 6.69. The van der Waals surface area contributed by atoms with Crippen molar-refractivity contribution in [2.75, 3.05) is 17.2 Å². The highest BCUT2D eigenvalue weighted by atomic mass is 79.9. The summed E-state index contributed by atoms with van der Waals surface area (Å²) in [5, 5.41) is 6.07. The van der Waals surface area contributed by atoms with Gasteiger partial charge in [0.25, 0.3) is 0 Å². The third kappa shape index (κ3) is 5.10. The molecule has 0 aliphatic rings. The van der Waals surface area contributed by atoms with Gasteiger partial charge in [-0.2, -0.15) is 0 Å². The van der Waals surface area contributed by atoms with Gasteiger partial charge in [-0.15, -0.1) is 0 Å². The molecule has 2 rings (SSSR count). The van der Waals surface area contributed by atoms with Gasteiger partial charge in [-0.25, -0.2) is 0 Å². The third-order valence-electron chi connectivity index (χ3n) is 3.66. The molecule has 3 nitrogen and oxygen atoms in total. The first-order chi connectivity index (χ1) is 10.8. The van der Waals surface area contributed by atoms with Crippen LogP contribution in [0.4, 0.5) is 11.4 Å². The summed E-state index contributed by atoms with van der Waals surface area (Å²) in [5.74, 6) is -0.0594. The first-order valence-electron chi connectivity index (χ1n) is 7.66. The summed E-state index contributed by atoms with van der Waals surface area (Å²) in [6, 6.07) is 13.9. The Morgan fingerprint density at radius 3 is 2.30 bits per heavy atom. The van der Waals surface area contributed by atoms with E-state index in [1.807, 2.05) is 37.3 Å². The predicted octanol–water partition coefficient (Wildman–Crippen LogP) is 5.11. The van der Waals surface area contributed by atoms with Crippen LogP contribution in [0.15, 0.2) is 46.9 Å². The van der Waals surface area contributed by atoms with Crippen LogP contribution in [0.2, 0.25) is 0 Å². The number of halogens is 1. The van der Waals surface area contributed by atoms with Gasteiger partial charge in [0.2, 0.25) is 5.91 Å². The van der Waals surface area contributed by atoms with E-state index in [0.717, 1.165) is 21.4 Å². The summed E-state index contributed by atoms with van der Waals surface area (Å²) in [6.07, 6.45) is 0. The van der Waals surface area contributed by atoms with Gasteiger partial charge in [-0.1, -0.05) is 48.8 Å². The van der Waals surface area contributed by atoms with Crippen molar-refractivity contribution < 1.29 is 4.79 Å². The van der Waals surface area contributed by atoms with Crippen LogP contribution in [0.1, 0.15) is 31.9 Å². The standard InChI is InChI=1S/C19H23BrN2O/c1-13-11-15(20)7-10-17(13)21-12-18(23)22-16-8-5-14(6-9-16)19(2,3)4/h5-11,21H,12H2,1-4H3,(H,22,23). The molecular formula is C19H23BrN2O. The largest absolute Gasteiger partial charge is 0.376 e. The SMILES string of the molecule is Cc1cc(Br)ccc1NCC(=O)Nc1ccc(C(C)(C)C)cc1. The minimum Gasteiger partial charge on any atom is -0.376 e. The number of amides is 1. The van der Waals surface area contributed by atoms with Crippen molar-refractivity contribution in [2.24, 2.45) is 0 Å². The number of carbonyl (C=O) groups excluding carboxylic acids is 1. The van der Waals surface area contributed by atoms with Crippen LogP contribution in [-0.2, 0) is 10.2 Å². The van der Waals surface area contributed by atoms with E-state index in [4.69, 9.17) is 0 Å². The summed E-state index contributed by atoms with van der Waals surface area (Å²) in [5.41, 5.74) is 4.24. The Labute approximate surface area is 146 Å². The van der Waals surface area contributed by atoms with E-state index in [2.05, 4.69) is 59.5 Å². The van der Waals surface area contributed by atoms with Crippen LogP contribution in [-0.4, -0.2) is 12.5 Å². The molecule has 122 valence electrons. The van der Waals surface area contributed by atoms with Crippen LogP contribution in [0.25, 0.3) is 0 Å². The first-order valence-corrected chi connectivity index (χ1v) is 8.45. The summed E-state index contributed by atoms with van der Waals surface area (Å²) in [6.45, 7) is 8.76. The van der Waals surface area contributed by atoms with Gasteiger partial charge in [0.1, 0.15) is 0 Å². The monoisotopic (exact) mass is 374 g/mol. The zero-order chi connectivity index (χ0) is 17.0. The van der Waals surface area contributed by atoms with E-state index in [1.165, 1.54) is 5.56 Å². The van der Waals surface area contributed by atoms with Crippen molar-refractivity contribution >= 4 is 33.2 Å².